The molecule has 19 heavy (non-hydrogen) atoms. The molecule has 0 aromatic heterocycles. The van der Waals surface area contributed by atoms with Crippen molar-refractivity contribution < 1.29 is 9.90 Å². The van der Waals surface area contributed by atoms with E-state index in [0.717, 1.165) is 17.7 Å². The fourth-order valence-corrected chi connectivity index (χ4v) is 2.95. The standard InChI is InChI=1S/C16H23NO2/c1-10-7-8-15(13(9-10)16(18)19)17-14-6-4-5-11(2)12(14)3/h7-9,11-12,14,17H,4-6H2,1-3H3,(H,18,19). The smallest absolute Gasteiger partial charge is 0.337 e. The number of carboxylic acid groups (broad SMARTS) is 1. The lowest BCUT2D eigenvalue weighted by atomic mass is 9.78. The summed E-state index contributed by atoms with van der Waals surface area (Å²) in [4.78, 5) is 11.3. The van der Waals surface area contributed by atoms with Crippen molar-refractivity contribution in [2.45, 2.75) is 46.1 Å². The van der Waals surface area contributed by atoms with Crippen LogP contribution in [0.2, 0.25) is 0 Å². The molecule has 0 radical (unpaired) electrons. The van der Waals surface area contributed by atoms with Crippen molar-refractivity contribution in [1.29, 1.82) is 0 Å². The quantitative estimate of drug-likeness (QED) is 0.866. The van der Waals surface area contributed by atoms with Crippen LogP contribution < -0.4 is 5.32 Å². The summed E-state index contributed by atoms with van der Waals surface area (Å²) in [7, 11) is 0. The van der Waals surface area contributed by atoms with E-state index in [1.165, 1.54) is 12.8 Å². The van der Waals surface area contributed by atoms with Crippen LogP contribution in [0.25, 0.3) is 0 Å². The van der Waals surface area contributed by atoms with Gasteiger partial charge < -0.3 is 10.4 Å². The Kier molecular flexibility index (Phi) is 4.13. The Hall–Kier alpha value is -1.51. The summed E-state index contributed by atoms with van der Waals surface area (Å²) in [5.41, 5.74) is 2.11. The normalized spacial score (nSPS) is 27.0. The molecule has 104 valence electrons. The second kappa shape index (κ2) is 5.64. The van der Waals surface area contributed by atoms with Gasteiger partial charge in [-0.3, -0.25) is 0 Å². The highest BCUT2D eigenvalue weighted by Crippen LogP contribution is 2.32. The zero-order chi connectivity index (χ0) is 14.0. The van der Waals surface area contributed by atoms with Gasteiger partial charge in [-0.2, -0.15) is 0 Å². The van der Waals surface area contributed by atoms with E-state index in [1.807, 2.05) is 19.1 Å². The summed E-state index contributed by atoms with van der Waals surface area (Å²) in [6, 6.07) is 5.97. The molecular weight excluding hydrogens is 238 g/mol. The maximum atomic E-state index is 11.3. The van der Waals surface area contributed by atoms with Gasteiger partial charge >= 0.3 is 5.97 Å². The van der Waals surface area contributed by atoms with E-state index in [4.69, 9.17) is 0 Å². The molecule has 0 bridgehead atoms. The zero-order valence-electron chi connectivity index (χ0n) is 11.9. The molecule has 0 saturated heterocycles. The number of hydrogen-bond donors (Lipinski definition) is 2. The van der Waals surface area contributed by atoms with Crippen LogP contribution >= 0.6 is 0 Å². The first-order valence-electron chi connectivity index (χ1n) is 7.09. The number of rotatable bonds is 3. The van der Waals surface area contributed by atoms with Crippen LogP contribution in [0.1, 0.15) is 49.0 Å². The van der Waals surface area contributed by atoms with Crippen LogP contribution in [0.5, 0.6) is 0 Å². The minimum absolute atomic E-state index is 0.379. The van der Waals surface area contributed by atoms with E-state index in [0.29, 0.717) is 23.4 Å². The summed E-state index contributed by atoms with van der Waals surface area (Å²) in [6.45, 7) is 6.46. The second-order valence-corrected chi connectivity index (χ2v) is 5.87. The van der Waals surface area contributed by atoms with Gasteiger partial charge in [-0.05, 0) is 37.3 Å². The van der Waals surface area contributed by atoms with Crippen molar-refractivity contribution in [1.82, 2.24) is 0 Å². The number of anilines is 1. The van der Waals surface area contributed by atoms with Gasteiger partial charge in [0.1, 0.15) is 0 Å². The lowest BCUT2D eigenvalue weighted by molar-refractivity contribution is 0.0697. The van der Waals surface area contributed by atoms with Crippen LogP contribution in [-0.4, -0.2) is 17.1 Å². The summed E-state index contributed by atoms with van der Waals surface area (Å²) < 4.78 is 0. The van der Waals surface area contributed by atoms with Gasteiger partial charge in [-0.1, -0.05) is 38.3 Å². The Morgan fingerprint density at radius 3 is 2.74 bits per heavy atom. The molecule has 1 aromatic carbocycles. The highest BCUT2D eigenvalue weighted by molar-refractivity contribution is 5.94. The SMILES string of the molecule is Cc1ccc(NC2CCCC(C)C2C)c(C(=O)O)c1. The second-order valence-electron chi connectivity index (χ2n) is 5.87. The Morgan fingerprint density at radius 1 is 1.32 bits per heavy atom. The Bertz CT molecular complexity index is 470. The molecule has 1 aromatic rings. The summed E-state index contributed by atoms with van der Waals surface area (Å²) in [5, 5.41) is 12.8. The van der Waals surface area contributed by atoms with E-state index in [9.17, 15) is 9.90 Å². The fraction of sp³-hybridized carbons (Fsp3) is 0.562. The summed E-state index contributed by atoms with van der Waals surface area (Å²) >= 11 is 0. The van der Waals surface area contributed by atoms with Crippen molar-refractivity contribution in [3.63, 3.8) is 0 Å². The first-order chi connectivity index (χ1) is 8.99. The zero-order valence-corrected chi connectivity index (χ0v) is 11.9. The van der Waals surface area contributed by atoms with Crippen LogP contribution in [0.15, 0.2) is 18.2 Å². The molecule has 1 aliphatic rings. The molecule has 0 heterocycles. The van der Waals surface area contributed by atoms with Gasteiger partial charge in [0.2, 0.25) is 0 Å². The molecule has 1 fully saturated rings. The summed E-state index contributed by atoms with van der Waals surface area (Å²) in [5.74, 6) is 0.421. The van der Waals surface area contributed by atoms with E-state index in [-0.39, 0.29) is 0 Å². The van der Waals surface area contributed by atoms with Crippen LogP contribution in [0.4, 0.5) is 5.69 Å². The molecule has 2 N–H and O–H groups in total. The van der Waals surface area contributed by atoms with Crippen molar-refractivity contribution >= 4 is 11.7 Å². The number of aryl methyl sites for hydroxylation is 1. The van der Waals surface area contributed by atoms with Gasteiger partial charge in [0.25, 0.3) is 0 Å². The number of benzene rings is 1. The fourth-order valence-electron chi connectivity index (χ4n) is 2.95. The minimum Gasteiger partial charge on any atom is -0.478 e. The third kappa shape index (κ3) is 3.09. The first-order valence-corrected chi connectivity index (χ1v) is 7.09. The van der Waals surface area contributed by atoms with E-state index >= 15 is 0 Å². The molecule has 3 atom stereocenters. The highest BCUT2D eigenvalue weighted by Gasteiger charge is 2.27. The van der Waals surface area contributed by atoms with Crippen LogP contribution in [0, 0.1) is 18.8 Å². The Balaban J connectivity index is 2.21. The number of aromatic carboxylic acids is 1. The monoisotopic (exact) mass is 261 g/mol. The molecule has 3 heteroatoms. The lowest BCUT2D eigenvalue weighted by Crippen LogP contribution is -2.35. The largest absolute Gasteiger partial charge is 0.478 e. The van der Waals surface area contributed by atoms with E-state index < -0.39 is 5.97 Å². The molecule has 1 saturated carbocycles. The van der Waals surface area contributed by atoms with Gasteiger partial charge in [-0.25, -0.2) is 4.79 Å². The molecule has 2 rings (SSSR count). The first kappa shape index (κ1) is 13.9. The topological polar surface area (TPSA) is 49.3 Å². The number of carboxylic acids is 1. The minimum atomic E-state index is -0.859. The highest BCUT2D eigenvalue weighted by atomic mass is 16.4. The number of hydrogen-bond acceptors (Lipinski definition) is 2. The Morgan fingerprint density at radius 2 is 2.05 bits per heavy atom. The number of carbonyl (C=O) groups is 1. The molecule has 0 spiro atoms. The Labute approximate surface area is 115 Å². The molecule has 3 unspecified atom stereocenters. The lowest BCUT2D eigenvalue weighted by Gasteiger charge is -2.35. The predicted octanol–water partition coefficient (Wildman–Crippen LogP) is 3.93. The van der Waals surface area contributed by atoms with Gasteiger partial charge in [0.05, 0.1) is 5.56 Å². The van der Waals surface area contributed by atoms with Crippen molar-refractivity contribution in [3.8, 4) is 0 Å². The maximum Gasteiger partial charge on any atom is 0.337 e. The van der Waals surface area contributed by atoms with Crippen LogP contribution in [-0.2, 0) is 0 Å². The molecule has 1 aliphatic carbocycles. The van der Waals surface area contributed by atoms with Crippen molar-refractivity contribution in [2.24, 2.45) is 11.8 Å². The molecule has 0 aliphatic heterocycles. The van der Waals surface area contributed by atoms with Gasteiger partial charge in [0, 0.05) is 11.7 Å². The maximum absolute atomic E-state index is 11.3. The van der Waals surface area contributed by atoms with E-state index in [1.54, 1.807) is 6.07 Å². The average Bonchev–Trinajstić information content (AvgIpc) is 2.36. The van der Waals surface area contributed by atoms with E-state index in [2.05, 4.69) is 19.2 Å². The predicted molar refractivity (Wildman–Crippen MR) is 77.7 cm³/mol. The van der Waals surface area contributed by atoms with Crippen molar-refractivity contribution in [2.75, 3.05) is 5.32 Å². The van der Waals surface area contributed by atoms with Crippen molar-refractivity contribution in [3.05, 3.63) is 29.3 Å². The molecule has 0 amide bonds. The average molecular weight is 261 g/mol. The van der Waals surface area contributed by atoms with Crippen LogP contribution in [0.3, 0.4) is 0 Å². The van der Waals surface area contributed by atoms with Gasteiger partial charge in [0.15, 0.2) is 0 Å². The summed E-state index contributed by atoms with van der Waals surface area (Å²) in [6.07, 6.45) is 3.62. The third-order valence-electron chi connectivity index (χ3n) is 4.45. The van der Waals surface area contributed by atoms with Gasteiger partial charge in [-0.15, -0.1) is 0 Å². The molecular formula is C16H23NO2. The molecule has 3 nitrogen and oxygen atoms in total. The third-order valence-corrected chi connectivity index (χ3v) is 4.45. The number of nitrogens with one attached hydrogen (secondary N) is 1.